The molecule has 0 heterocycles. The molecule has 0 aromatic heterocycles. The lowest BCUT2D eigenvalue weighted by Gasteiger charge is -2.24. The van der Waals surface area contributed by atoms with E-state index in [0.717, 1.165) is 0 Å². The van der Waals surface area contributed by atoms with E-state index in [1.54, 1.807) is 54.6 Å². The van der Waals surface area contributed by atoms with Gasteiger partial charge in [0, 0.05) is 0 Å². The standard InChI is InChI=1S/C21H28IN2O7P/c1-16(20(25)29-15-21(2,3)4)23-32(27,30-18-9-7-6-8-10-18)31-19-13-11-17(12-14-19)24(22-26)28-5/h6-14,16H,15H2,1-5H3,(H,23,27)/p+1/t16-,32-/m0/s1. The zero-order valence-corrected chi connectivity index (χ0v) is 21.7. The first kappa shape index (κ1) is 26.2. The Labute approximate surface area is 198 Å². The van der Waals surface area contributed by atoms with Gasteiger partial charge in [-0.1, -0.05) is 39.0 Å². The third-order valence-electron chi connectivity index (χ3n) is 3.82. The topological polar surface area (TPSA) is 108 Å². The van der Waals surface area contributed by atoms with Crippen LogP contribution in [-0.4, -0.2) is 28.8 Å². The molecule has 0 bridgehead atoms. The van der Waals surface area contributed by atoms with E-state index >= 15 is 0 Å². The van der Waals surface area contributed by atoms with Crippen LogP contribution in [0.1, 0.15) is 27.7 Å². The van der Waals surface area contributed by atoms with Gasteiger partial charge in [0.1, 0.15) is 17.5 Å². The van der Waals surface area contributed by atoms with Crippen LogP contribution in [0.3, 0.4) is 0 Å². The molecule has 2 N–H and O–H groups in total. The van der Waals surface area contributed by atoms with Crippen LogP contribution in [0, 0.1) is 5.41 Å². The summed E-state index contributed by atoms with van der Waals surface area (Å²) in [5.74, 6) is -0.0212. The second-order valence-electron chi connectivity index (χ2n) is 8.01. The predicted octanol–water partition coefficient (Wildman–Crippen LogP) is 5.36. The fraction of sp³-hybridized carbons (Fsp3) is 0.381. The molecule has 0 spiro atoms. The first-order valence-corrected chi connectivity index (χ1v) is 13.2. The molecule has 0 unspecified atom stereocenters. The Kier molecular flexibility index (Phi) is 9.63. The second-order valence-corrected chi connectivity index (χ2v) is 10.9. The van der Waals surface area contributed by atoms with Crippen molar-refractivity contribution in [1.82, 2.24) is 5.09 Å². The Bertz CT molecular complexity index is 935. The minimum absolute atomic E-state index is 0.204. The summed E-state index contributed by atoms with van der Waals surface area (Å²) in [7, 11) is -2.58. The molecule has 9 nitrogen and oxygen atoms in total. The third-order valence-corrected chi connectivity index (χ3v) is 6.76. The predicted molar refractivity (Wildman–Crippen MR) is 130 cm³/mol. The van der Waals surface area contributed by atoms with Gasteiger partial charge in [-0.05, 0) is 48.7 Å². The van der Waals surface area contributed by atoms with Crippen LogP contribution in [0.4, 0.5) is 5.69 Å². The van der Waals surface area contributed by atoms with E-state index in [1.807, 2.05) is 20.8 Å². The highest BCUT2D eigenvalue weighted by Gasteiger charge is 2.34. The van der Waals surface area contributed by atoms with Crippen LogP contribution in [0.15, 0.2) is 54.6 Å². The first-order chi connectivity index (χ1) is 15.0. The van der Waals surface area contributed by atoms with Gasteiger partial charge in [0.05, 0.1) is 19.4 Å². The van der Waals surface area contributed by atoms with Gasteiger partial charge >= 0.3 is 35.2 Å². The van der Waals surface area contributed by atoms with E-state index in [0.29, 0.717) is 11.4 Å². The SMILES string of the molecule is CON(I=[OH+])c1ccc(O[P@](=O)(N[C@@H](C)C(=O)OCC(C)(C)C)Oc2ccccc2)cc1. The van der Waals surface area contributed by atoms with Gasteiger partial charge in [-0.15, -0.1) is 3.28 Å². The number of carbonyl (C=O) groups excluding carboxylic acids is 1. The molecule has 0 amide bonds. The molecule has 2 aromatic rings. The van der Waals surface area contributed by atoms with Crippen LogP contribution >= 0.6 is 29.2 Å². The number of anilines is 1. The van der Waals surface area contributed by atoms with Gasteiger partial charge < -0.3 is 13.8 Å². The zero-order valence-electron chi connectivity index (χ0n) is 18.6. The molecule has 2 atom stereocenters. The number of nitrogens with zero attached hydrogens (tertiary/aromatic N) is 1. The Hall–Kier alpha value is -2.01. The summed E-state index contributed by atoms with van der Waals surface area (Å²) in [4.78, 5) is 17.5. The number of esters is 1. The average Bonchev–Trinajstić information content (AvgIpc) is 2.74. The van der Waals surface area contributed by atoms with E-state index < -0.39 is 41.2 Å². The van der Waals surface area contributed by atoms with Crippen molar-refractivity contribution in [1.29, 1.82) is 0 Å². The molecule has 0 saturated heterocycles. The van der Waals surface area contributed by atoms with Crippen molar-refractivity contribution in [2.45, 2.75) is 33.7 Å². The summed E-state index contributed by atoms with van der Waals surface area (Å²) in [6.07, 6.45) is 0. The molecule has 0 aliphatic carbocycles. The Morgan fingerprint density at radius 2 is 1.66 bits per heavy atom. The maximum Gasteiger partial charge on any atom is 0.558 e. The molecular formula is C21H29IN2O7P+. The number of hydrogen-bond donors (Lipinski definition) is 1. The molecule has 0 radical (unpaired) electrons. The van der Waals surface area contributed by atoms with Crippen molar-refractivity contribution < 1.29 is 31.1 Å². The monoisotopic (exact) mass is 579 g/mol. The molecule has 2 rings (SSSR count). The van der Waals surface area contributed by atoms with Crippen LogP contribution in [-0.2, 0) is 18.9 Å². The van der Waals surface area contributed by atoms with Crippen molar-refractivity contribution in [2.24, 2.45) is 5.41 Å². The summed E-state index contributed by atoms with van der Waals surface area (Å²) in [5.41, 5.74) is 0.408. The molecule has 0 aliphatic rings. The van der Waals surface area contributed by atoms with Crippen LogP contribution in [0.25, 0.3) is 0 Å². The van der Waals surface area contributed by atoms with E-state index in [9.17, 15) is 12.4 Å². The smallest absolute Gasteiger partial charge is 0.464 e. The number of para-hydroxylation sites is 1. The highest BCUT2D eigenvalue weighted by Crippen LogP contribution is 2.45. The summed E-state index contributed by atoms with van der Waals surface area (Å²) in [5, 5.41) is 2.65. The molecule has 32 heavy (non-hydrogen) atoms. The highest BCUT2D eigenvalue weighted by molar-refractivity contribution is 14.1. The fourth-order valence-corrected chi connectivity index (χ4v) is 4.60. The summed E-state index contributed by atoms with van der Waals surface area (Å²) in [6.45, 7) is 7.57. The number of benzene rings is 2. The number of rotatable bonds is 11. The molecular weight excluding hydrogens is 550 g/mol. The molecule has 0 fully saturated rings. The number of nitrogens with one attached hydrogen (secondary N) is 1. The van der Waals surface area contributed by atoms with Gasteiger partial charge in [0.25, 0.3) is 0 Å². The van der Waals surface area contributed by atoms with Gasteiger partial charge in [-0.3, -0.25) is 9.63 Å². The number of ether oxygens (including phenoxy) is 1. The molecule has 2 aromatic carbocycles. The Morgan fingerprint density at radius 1 is 1.09 bits per heavy atom. The van der Waals surface area contributed by atoms with Gasteiger partial charge in [-0.2, -0.15) is 5.09 Å². The summed E-state index contributed by atoms with van der Waals surface area (Å²) in [6, 6.07) is 14.0. The average molecular weight is 579 g/mol. The third kappa shape index (κ3) is 8.50. The van der Waals surface area contributed by atoms with Gasteiger partial charge in [0.15, 0.2) is 0 Å². The van der Waals surface area contributed by atoms with Gasteiger partial charge in [-0.25, -0.2) is 7.63 Å². The molecule has 0 aliphatic heterocycles. The number of halogens is 1. The lowest BCUT2D eigenvalue weighted by atomic mass is 9.99. The molecule has 176 valence electrons. The quantitative estimate of drug-likeness (QED) is 0.0947. The second kappa shape index (κ2) is 11.7. The van der Waals surface area contributed by atoms with Crippen molar-refractivity contribution in [3.8, 4) is 11.5 Å². The maximum absolute atomic E-state index is 13.6. The number of hydrogen-bond acceptors (Lipinski definition) is 6. The van der Waals surface area contributed by atoms with E-state index in [4.69, 9.17) is 18.6 Å². The molecule has 0 saturated carbocycles. The largest absolute Gasteiger partial charge is 0.558 e. The van der Waals surface area contributed by atoms with E-state index in [1.165, 1.54) is 17.3 Å². The van der Waals surface area contributed by atoms with Crippen molar-refractivity contribution in [2.75, 3.05) is 17.0 Å². The van der Waals surface area contributed by atoms with Crippen molar-refractivity contribution >= 4 is 40.9 Å². The van der Waals surface area contributed by atoms with Crippen LogP contribution in [0.5, 0.6) is 11.5 Å². The Morgan fingerprint density at radius 3 is 2.16 bits per heavy atom. The molecule has 11 heteroatoms. The van der Waals surface area contributed by atoms with Crippen molar-refractivity contribution in [3.63, 3.8) is 0 Å². The van der Waals surface area contributed by atoms with Crippen LogP contribution in [0.2, 0.25) is 0 Å². The minimum Gasteiger partial charge on any atom is -0.464 e. The van der Waals surface area contributed by atoms with E-state index in [-0.39, 0.29) is 17.8 Å². The van der Waals surface area contributed by atoms with Crippen LogP contribution < -0.4 is 17.4 Å². The maximum atomic E-state index is 13.6. The highest BCUT2D eigenvalue weighted by atomic mass is 127. The zero-order chi connectivity index (χ0) is 23.8. The lowest BCUT2D eigenvalue weighted by molar-refractivity contribution is -0.148. The fourth-order valence-electron chi connectivity index (χ4n) is 2.34. The summed E-state index contributed by atoms with van der Waals surface area (Å²) >= 11 is -1.31. The number of carbonyl (C=O) groups is 1. The first-order valence-electron chi connectivity index (χ1n) is 9.77. The van der Waals surface area contributed by atoms with Gasteiger partial charge in [0.2, 0.25) is 0 Å². The normalized spacial score (nSPS) is 14.2. The van der Waals surface area contributed by atoms with E-state index in [2.05, 4.69) is 5.09 Å². The minimum atomic E-state index is -4.03. The Balaban J connectivity index is 2.20. The lowest BCUT2D eigenvalue weighted by Crippen LogP contribution is -2.37. The van der Waals surface area contributed by atoms with Crippen molar-refractivity contribution in [3.05, 3.63) is 54.6 Å². The summed E-state index contributed by atoms with van der Waals surface area (Å²) < 4.78 is 40.9.